The normalized spacial score (nSPS) is 12.3. The van der Waals surface area contributed by atoms with Crippen LogP contribution in [0.3, 0.4) is 0 Å². The van der Waals surface area contributed by atoms with Gasteiger partial charge in [-0.25, -0.2) is 0 Å². The number of aliphatic hydroxyl groups is 1. The Morgan fingerprint density at radius 2 is 2.32 bits per heavy atom. The average Bonchev–Trinajstić information content (AvgIpc) is 3.05. The second-order valence-electron chi connectivity index (χ2n) is 4.50. The van der Waals surface area contributed by atoms with Crippen LogP contribution in [0.1, 0.15) is 17.4 Å². The zero-order chi connectivity index (χ0) is 15.9. The molecule has 6 heteroatoms. The zero-order valence-corrected chi connectivity index (χ0v) is 12.7. The lowest BCUT2D eigenvalue weighted by Gasteiger charge is -2.08. The number of hydrogen-bond acceptors (Lipinski definition) is 4. The molecule has 0 saturated carbocycles. The van der Waals surface area contributed by atoms with Crippen LogP contribution in [-0.2, 0) is 4.79 Å². The van der Waals surface area contributed by atoms with Gasteiger partial charge in [-0.3, -0.25) is 4.79 Å². The molecule has 0 saturated heterocycles. The molecule has 2 N–H and O–H groups in total. The first kappa shape index (κ1) is 16.1. The van der Waals surface area contributed by atoms with Crippen molar-refractivity contribution in [2.45, 2.75) is 6.10 Å². The summed E-state index contributed by atoms with van der Waals surface area (Å²) >= 11 is 5.92. The molecule has 116 valence electrons. The van der Waals surface area contributed by atoms with E-state index in [4.69, 9.17) is 20.8 Å². The molecule has 0 radical (unpaired) electrons. The minimum absolute atomic E-state index is 0.0589. The Labute approximate surface area is 133 Å². The molecule has 0 aliphatic carbocycles. The summed E-state index contributed by atoms with van der Waals surface area (Å²) in [5.74, 6) is 0.678. The SMILES string of the molecule is COc1ccc(Cl)cc1/C=C/C(=O)NCC(O)c1ccco1. The fourth-order valence-electron chi connectivity index (χ4n) is 1.84. The molecule has 1 aromatic heterocycles. The smallest absolute Gasteiger partial charge is 0.244 e. The van der Waals surface area contributed by atoms with Gasteiger partial charge in [0.2, 0.25) is 5.91 Å². The third-order valence-electron chi connectivity index (χ3n) is 2.95. The predicted octanol–water partition coefficient (Wildman–Crippen LogP) is 2.80. The number of halogens is 1. The largest absolute Gasteiger partial charge is 0.496 e. The molecule has 0 aliphatic rings. The van der Waals surface area contributed by atoms with Gasteiger partial charge in [0.25, 0.3) is 0 Å². The minimum atomic E-state index is -0.881. The highest BCUT2D eigenvalue weighted by molar-refractivity contribution is 6.30. The number of nitrogens with one attached hydrogen (secondary N) is 1. The lowest BCUT2D eigenvalue weighted by molar-refractivity contribution is -0.116. The zero-order valence-electron chi connectivity index (χ0n) is 12.0. The number of aliphatic hydroxyl groups excluding tert-OH is 1. The number of benzene rings is 1. The highest BCUT2D eigenvalue weighted by atomic mass is 35.5. The molecular formula is C16H16ClNO4. The minimum Gasteiger partial charge on any atom is -0.496 e. The maximum Gasteiger partial charge on any atom is 0.244 e. The lowest BCUT2D eigenvalue weighted by Crippen LogP contribution is -2.26. The van der Waals surface area contributed by atoms with Gasteiger partial charge in [0.05, 0.1) is 19.9 Å². The van der Waals surface area contributed by atoms with Gasteiger partial charge in [-0.1, -0.05) is 11.6 Å². The van der Waals surface area contributed by atoms with Crippen molar-refractivity contribution in [1.29, 1.82) is 0 Å². The molecule has 2 aromatic rings. The molecule has 1 atom stereocenters. The Morgan fingerprint density at radius 3 is 3.00 bits per heavy atom. The lowest BCUT2D eigenvalue weighted by atomic mass is 10.2. The second-order valence-corrected chi connectivity index (χ2v) is 4.93. The average molecular weight is 322 g/mol. The summed E-state index contributed by atoms with van der Waals surface area (Å²) in [6, 6.07) is 8.44. The molecule has 0 spiro atoms. The van der Waals surface area contributed by atoms with E-state index in [0.717, 1.165) is 0 Å². The second kappa shape index (κ2) is 7.68. The maximum atomic E-state index is 11.8. The third kappa shape index (κ3) is 4.38. The van der Waals surface area contributed by atoms with Crippen LogP contribution in [0, 0.1) is 0 Å². The highest BCUT2D eigenvalue weighted by Crippen LogP contribution is 2.23. The summed E-state index contributed by atoms with van der Waals surface area (Å²) in [4.78, 5) is 11.8. The summed E-state index contributed by atoms with van der Waals surface area (Å²) in [7, 11) is 1.54. The molecule has 1 amide bonds. The molecule has 0 aliphatic heterocycles. The van der Waals surface area contributed by atoms with Crippen LogP contribution in [0.5, 0.6) is 5.75 Å². The first-order valence-corrected chi connectivity index (χ1v) is 6.99. The number of furan rings is 1. The molecule has 5 nitrogen and oxygen atoms in total. The molecule has 0 fully saturated rings. The Hall–Kier alpha value is -2.24. The van der Waals surface area contributed by atoms with Crippen molar-refractivity contribution in [1.82, 2.24) is 5.32 Å². The van der Waals surface area contributed by atoms with E-state index in [-0.39, 0.29) is 12.5 Å². The monoisotopic (exact) mass is 321 g/mol. The summed E-state index contributed by atoms with van der Waals surface area (Å²) in [6.45, 7) is 0.0589. The number of carbonyl (C=O) groups is 1. The Bertz CT molecular complexity index is 652. The van der Waals surface area contributed by atoms with Crippen molar-refractivity contribution >= 4 is 23.6 Å². The molecular weight excluding hydrogens is 306 g/mol. The summed E-state index contributed by atoms with van der Waals surface area (Å²) < 4.78 is 10.2. The molecule has 1 unspecified atom stereocenters. The van der Waals surface area contributed by atoms with E-state index in [1.165, 1.54) is 12.3 Å². The van der Waals surface area contributed by atoms with Gasteiger partial charge in [-0.05, 0) is 36.4 Å². The number of hydrogen-bond donors (Lipinski definition) is 2. The standard InChI is InChI=1S/C16H16ClNO4/c1-21-14-6-5-12(17)9-11(14)4-7-16(20)18-10-13(19)15-3-2-8-22-15/h2-9,13,19H,10H2,1H3,(H,18,20)/b7-4+. The third-order valence-corrected chi connectivity index (χ3v) is 3.18. The fraction of sp³-hybridized carbons (Fsp3) is 0.188. The molecule has 2 rings (SSSR count). The van der Waals surface area contributed by atoms with Gasteiger partial charge in [-0.15, -0.1) is 0 Å². The first-order chi connectivity index (χ1) is 10.6. The van der Waals surface area contributed by atoms with Gasteiger partial charge >= 0.3 is 0 Å². The number of methoxy groups -OCH3 is 1. The number of amides is 1. The van der Waals surface area contributed by atoms with Crippen LogP contribution < -0.4 is 10.1 Å². The van der Waals surface area contributed by atoms with Gasteiger partial charge in [0, 0.05) is 16.7 Å². The van der Waals surface area contributed by atoms with E-state index in [2.05, 4.69) is 5.32 Å². The number of carbonyl (C=O) groups excluding carboxylic acids is 1. The fourth-order valence-corrected chi connectivity index (χ4v) is 2.02. The van der Waals surface area contributed by atoms with Gasteiger partial charge < -0.3 is 19.6 Å². The number of ether oxygens (including phenoxy) is 1. The summed E-state index contributed by atoms with van der Waals surface area (Å²) in [6.07, 6.45) is 3.53. The topological polar surface area (TPSA) is 71.7 Å². The van der Waals surface area contributed by atoms with Crippen molar-refractivity contribution in [3.8, 4) is 5.75 Å². The van der Waals surface area contributed by atoms with E-state index in [1.54, 1.807) is 43.5 Å². The van der Waals surface area contributed by atoms with Crippen molar-refractivity contribution in [2.75, 3.05) is 13.7 Å². The van der Waals surface area contributed by atoms with Gasteiger partial charge in [-0.2, -0.15) is 0 Å². The van der Waals surface area contributed by atoms with Crippen molar-refractivity contribution < 1.29 is 19.1 Å². The quantitative estimate of drug-likeness (QED) is 0.803. The summed E-state index contributed by atoms with van der Waals surface area (Å²) in [5, 5.41) is 12.9. The Kier molecular flexibility index (Phi) is 5.63. The molecule has 1 aromatic carbocycles. The van der Waals surface area contributed by atoms with Gasteiger partial charge in [0.15, 0.2) is 0 Å². The first-order valence-electron chi connectivity index (χ1n) is 6.61. The van der Waals surface area contributed by atoms with Crippen LogP contribution in [0.15, 0.2) is 47.1 Å². The molecule has 22 heavy (non-hydrogen) atoms. The van der Waals surface area contributed by atoms with E-state index in [1.807, 2.05) is 0 Å². The predicted molar refractivity (Wildman–Crippen MR) is 83.7 cm³/mol. The van der Waals surface area contributed by atoms with E-state index in [9.17, 15) is 9.90 Å². The van der Waals surface area contributed by atoms with Gasteiger partial charge in [0.1, 0.15) is 17.6 Å². The maximum absolute atomic E-state index is 11.8. The Morgan fingerprint density at radius 1 is 1.50 bits per heavy atom. The van der Waals surface area contributed by atoms with E-state index < -0.39 is 6.10 Å². The van der Waals surface area contributed by atoms with Crippen LogP contribution in [-0.4, -0.2) is 24.7 Å². The van der Waals surface area contributed by atoms with Crippen molar-refractivity contribution in [3.05, 3.63) is 59.0 Å². The highest BCUT2D eigenvalue weighted by Gasteiger charge is 2.10. The van der Waals surface area contributed by atoms with Crippen molar-refractivity contribution in [2.24, 2.45) is 0 Å². The van der Waals surface area contributed by atoms with Crippen LogP contribution >= 0.6 is 11.6 Å². The molecule has 1 heterocycles. The van der Waals surface area contributed by atoms with Crippen molar-refractivity contribution in [3.63, 3.8) is 0 Å². The molecule has 0 bridgehead atoms. The van der Waals surface area contributed by atoms with Crippen LogP contribution in [0.2, 0.25) is 5.02 Å². The van der Waals surface area contributed by atoms with E-state index >= 15 is 0 Å². The van der Waals surface area contributed by atoms with E-state index in [0.29, 0.717) is 22.1 Å². The van der Waals surface area contributed by atoms with Crippen LogP contribution in [0.4, 0.5) is 0 Å². The number of rotatable bonds is 6. The summed E-state index contributed by atoms with van der Waals surface area (Å²) in [5.41, 5.74) is 0.691. The Balaban J connectivity index is 1.93. The van der Waals surface area contributed by atoms with Crippen LogP contribution in [0.25, 0.3) is 6.08 Å².